The van der Waals surface area contributed by atoms with Crippen LogP contribution in [0, 0.1) is 0 Å². The predicted molar refractivity (Wildman–Crippen MR) is 96.5 cm³/mol. The van der Waals surface area contributed by atoms with E-state index in [1.54, 1.807) is 0 Å². The van der Waals surface area contributed by atoms with Crippen LogP contribution in [-0.4, -0.2) is 25.3 Å². The van der Waals surface area contributed by atoms with Gasteiger partial charge in [-0.15, -0.1) is 0 Å². The minimum absolute atomic E-state index is 0.115. The number of allylic oxidation sites excluding steroid dienone is 4. The summed E-state index contributed by atoms with van der Waals surface area (Å²) in [5.41, 5.74) is 2.89. The van der Waals surface area contributed by atoms with Crippen molar-refractivity contribution in [2.24, 2.45) is 0 Å². The molecule has 3 rings (SSSR count). The first-order chi connectivity index (χ1) is 11.4. The molecule has 1 aliphatic heterocycles. The molecule has 0 spiro atoms. The van der Waals surface area contributed by atoms with Crippen LogP contribution in [-0.2, 0) is 11.2 Å². The lowest BCUT2D eigenvalue weighted by Gasteiger charge is -2.16. The molecule has 0 bridgehead atoms. The molecule has 2 atom stereocenters. The van der Waals surface area contributed by atoms with Gasteiger partial charge < -0.3 is 10.1 Å². The Morgan fingerprint density at radius 3 is 2.83 bits per heavy atom. The smallest absolute Gasteiger partial charge is 0.0941 e. The number of ether oxygens (including phenoxy) is 1. The number of benzene rings is 1. The fraction of sp³-hybridized carbons (Fsp3) is 0.429. The molecule has 0 aromatic heterocycles. The standard InChI is InChI=1S/C21H27NO/c1-2-7-18(8-3-1)14-15-19-9-4-12-21(13-5-10-19)23-17-20-11-6-16-22-20/h1-5,7-9,12-13,20-22H,6,10-11,14-17H2/b12-4?,13-5-,19-9+. The van der Waals surface area contributed by atoms with Gasteiger partial charge in [0.15, 0.2) is 0 Å². The van der Waals surface area contributed by atoms with Crippen molar-refractivity contribution in [2.45, 2.75) is 44.2 Å². The summed E-state index contributed by atoms with van der Waals surface area (Å²) in [4.78, 5) is 0. The molecule has 2 unspecified atom stereocenters. The Bertz CT molecular complexity index is 552. The van der Waals surface area contributed by atoms with Crippen molar-refractivity contribution < 1.29 is 4.74 Å². The van der Waals surface area contributed by atoms with Crippen LogP contribution < -0.4 is 5.32 Å². The highest BCUT2D eigenvalue weighted by atomic mass is 16.5. The number of aryl methyl sites for hydroxylation is 1. The van der Waals surface area contributed by atoms with E-state index in [0.717, 1.165) is 32.4 Å². The molecule has 122 valence electrons. The lowest BCUT2D eigenvalue weighted by atomic mass is 10.00. The zero-order valence-electron chi connectivity index (χ0n) is 13.8. The van der Waals surface area contributed by atoms with Crippen molar-refractivity contribution in [1.29, 1.82) is 0 Å². The number of nitrogens with one attached hydrogen (secondary N) is 1. The van der Waals surface area contributed by atoms with E-state index in [1.807, 2.05) is 0 Å². The first-order valence-electron chi connectivity index (χ1n) is 8.82. The lowest BCUT2D eigenvalue weighted by molar-refractivity contribution is 0.0981. The molecule has 1 fully saturated rings. The Labute approximate surface area is 139 Å². The SMILES string of the molecule is C1=CC(OCC2CCCN2)/C=C\C/C(CCc2ccccc2)=C\1. The topological polar surface area (TPSA) is 21.3 Å². The third-order valence-corrected chi connectivity index (χ3v) is 4.57. The van der Waals surface area contributed by atoms with Gasteiger partial charge in [0.25, 0.3) is 0 Å². The van der Waals surface area contributed by atoms with E-state index in [0.29, 0.717) is 6.04 Å². The van der Waals surface area contributed by atoms with Gasteiger partial charge in [-0.2, -0.15) is 0 Å². The molecular weight excluding hydrogens is 282 g/mol. The van der Waals surface area contributed by atoms with Crippen molar-refractivity contribution in [1.82, 2.24) is 5.32 Å². The van der Waals surface area contributed by atoms with Crippen LogP contribution >= 0.6 is 0 Å². The molecule has 1 N–H and O–H groups in total. The summed E-state index contributed by atoms with van der Waals surface area (Å²) in [6, 6.07) is 11.3. The van der Waals surface area contributed by atoms with E-state index >= 15 is 0 Å². The molecule has 2 heteroatoms. The Morgan fingerprint density at radius 2 is 2.00 bits per heavy atom. The maximum atomic E-state index is 6.00. The zero-order valence-corrected chi connectivity index (χ0v) is 13.8. The highest BCUT2D eigenvalue weighted by molar-refractivity contribution is 5.23. The minimum Gasteiger partial charge on any atom is -0.368 e. The molecule has 2 nitrogen and oxygen atoms in total. The molecule has 1 aliphatic carbocycles. The van der Waals surface area contributed by atoms with E-state index in [-0.39, 0.29) is 6.10 Å². The first kappa shape index (κ1) is 16.2. The summed E-state index contributed by atoms with van der Waals surface area (Å²) >= 11 is 0. The second kappa shape index (κ2) is 8.85. The third kappa shape index (κ3) is 5.49. The van der Waals surface area contributed by atoms with Gasteiger partial charge in [0.1, 0.15) is 0 Å². The summed E-state index contributed by atoms with van der Waals surface area (Å²) in [5, 5.41) is 3.48. The van der Waals surface area contributed by atoms with Crippen LogP contribution in [0.5, 0.6) is 0 Å². The van der Waals surface area contributed by atoms with Gasteiger partial charge in [0.05, 0.1) is 12.7 Å². The van der Waals surface area contributed by atoms with E-state index in [4.69, 9.17) is 4.74 Å². The normalized spacial score (nSPS) is 27.9. The lowest BCUT2D eigenvalue weighted by Crippen LogP contribution is -2.28. The van der Waals surface area contributed by atoms with Crippen molar-refractivity contribution in [3.05, 3.63) is 71.8 Å². The molecular formula is C21H27NO. The molecule has 1 heterocycles. The largest absolute Gasteiger partial charge is 0.368 e. The van der Waals surface area contributed by atoms with Crippen LogP contribution in [0.15, 0.2) is 66.3 Å². The Balaban J connectivity index is 1.46. The third-order valence-electron chi connectivity index (χ3n) is 4.57. The van der Waals surface area contributed by atoms with Gasteiger partial charge in [0.2, 0.25) is 0 Å². The second-order valence-corrected chi connectivity index (χ2v) is 6.42. The Hall–Kier alpha value is -1.64. The van der Waals surface area contributed by atoms with Gasteiger partial charge in [-0.1, -0.05) is 66.3 Å². The van der Waals surface area contributed by atoms with Crippen LogP contribution in [0.1, 0.15) is 31.2 Å². The van der Waals surface area contributed by atoms with Crippen molar-refractivity contribution in [3.63, 3.8) is 0 Å². The molecule has 0 radical (unpaired) electrons. The number of rotatable bonds is 6. The molecule has 0 saturated carbocycles. The summed E-state index contributed by atoms with van der Waals surface area (Å²) in [7, 11) is 0. The molecule has 2 aliphatic rings. The highest BCUT2D eigenvalue weighted by Gasteiger charge is 2.15. The average molecular weight is 309 g/mol. The summed E-state index contributed by atoms with van der Waals surface area (Å²) in [6.45, 7) is 1.95. The minimum atomic E-state index is 0.115. The Morgan fingerprint density at radius 1 is 1.09 bits per heavy atom. The predicted octanol–water partition coefficient (Wildman–Crippen LogP) is 4.20. The second-order valence-electron chi connectivity index (χ2n) is 6.42. The van der Waals surface area contributed by atoms with E-state index in [2.05, 4.69) is 66.0 Å². The Kier molecular flexibility index (Phi) is 6.25. The highest BCUT2D eigenvalue weighted by Crippen LogP contribution is 2.16. The molecule has 23 heavy (non-hydrogen) atoms. The fourth-order valence-electron chi connectivity index (χ4n) is 3.16. The monoisotopic (exact) mass is 309 g/mol. The molecule has 1 saturated heterocycles. The van der Waals surface area contributed by atoms with E-state index in [1.165, 1.54) is 24.0 Å². The maximum absolute atomic E-state index is 6.00. The van der Waals surface area contributed by atoms with E-state index in [9.17, 15) is 0 Å². The maximum Gasteiger partial charge on any atom is 0.0941 e. The van der Waals surface area contributed by atoms with Gasteiger partial charge in [0, 0.05) is 6.04 Å². The quantitative estimate of drug-likeness (QED) is 0.795. The van der Waals surface area contributed by atoms with Crippen LogP contribution in [0.4, 0.5) is 0 Å². The number of hydrogen-bond acceptors (Lipinski definition) is 2. The summed E-state index contributed by atoms with van der Waals surface area (Å²) in [5.74, 6) is 0. The van der Waals surface area contributed by atoms with Crippen molar-refractivity contribution >= 4 is 0 Å². The number of hydrogen-bond donors (Lipinski definition) is 1. The fourth-order valence-corrected chi connectivity index (χ4v) is 3.16. The molecule has 1 aromatic rings. The zero-order chi connectivity index (χ0) is 15.7. The molecule has 1 aromatic carbocycles. The van der Waals surface area contributed by atoms with Crippen molar-refractivity contribution in [2.75, 3.05) is 13.2 Å². The van der Waals surface area contributed by atoms with Gasteiger partial charge in [-0.25, -0.2) is 0 Å². The average Bonchev–Trinajstić information content (AvgIpc) is 3.07. The van der Waals surface area contributed by atoms with Gasteiger partial charge >= 0.3 is 0 Å². The van der Waals surface area contributed by atoms with Gasteiger partial charge in [-0.3, -0.25) is 0 Å². The van der Waals surface area contributed by atoms with Crippen molar-refractivity contribution in [3.8, 4) is 0 Å². The van der Waals surface area contributed by atoms with E-state index < -0.39 is 0 Å². The molecule has 0 amide bonds. The first-order valence-corrected chi connectivity index (χ1v) is 8.82. The van der Waals surface area contributed by atoms with Crippen LogP contribution in [0.2, 0.25) is 0 Å². The van der Waals surface area contributed by atoms with Crippen LogP contribution in [0.25, 0.3) is 0 Å². The summed E-state index contributed by atoms with van der Waals surface area (Å²) < 4.78 is 6.00. The van der Waals surface area contributed by atoms with Gasteiger partial charge in [-0.05, 0) is 44.2 Å². The summed E-state index contributed by atoms with van der Waals surface area (Å²) in [6.07, 6.45) is 16.9. The van der Waals surface area contributed by atoms with Crippen LogP contribution in [0.3, 0.4) is 0 Å².